The topological polar surface area (TPSA) is 59.5 Å². The number of benzene rings is 1. The second kappa shape index (κ2) is 7.52. The summed E-state index contributed by atoms with van der Waals surface area (Å²) in [7, 11) is -1.48. The molecule has 2 spiro atoms. The minimum atomic E-state index is -3.22. The highest BCUT2D eigenvalue weighted by atomic mass is 32.2. The van der Waals surface area contributed by atoms with Crippen molar-refractivity contribution in [1.29, 1.82) is 0 Å². The molecule has 3 aliphatic carbocycles. The zero-order valence-electron chi connectivity index (χ0n) is 21.5. The number of hydrogen-bond donors (Lipinski definition) is 0. The van der Waals surface area contributed by atoms with Crippen molar-refractivity contribution in [2.45, 2.75) is 81.5 Å². The van der Waals surface area contributed by atoms with Gasteiger partial charge in [-0.25, -0.2) is 12.7 Å². The molecule has 5 nitrogen and oxygen atoms in total. The van der Waals surface area contributed by atoms with Crippen molar-refractivity contribution in [3.63, 3.8) is 0 Å². The minimum Gasteiger partial charge on any atom is -0.359 e. The standard InChI is InChI=1S/C30H36N2O3S/c1-28-12-10-24-17-23-6-7-25(32(2)36(3,33)34)18-29(23)13-14-30(24,35-29)27(28)9-8-26(28)21-5-4-20-11-15-31-19-22(20)16-21/h4-5,10-11,15-17,19,25-27H,6-9,12-14,18H2,1-3H3/t25-,26?,27-,28-,29-,30?/m1/s1. The van der Waals surface area contributed by atoms with E-state index in [9.17, 15) is 8.42 Å². The van der Waals surface area contributed by atoms with Crippen LogP contribution in [-0.2, 0) is 14.8 Å². The first-order valence-corrected chi connectivity index (χ1v) is 15.4. The van der Waals surface area contributed by atoms with Gasteiger partial charge in [0.15, 0.2) is 0 Å². The van der Waals surface area contributed by atoms with Gasteiger partial charge in [-0.15, -0.1) is 0 Å². The first-order chi connectivity index (χ1) is 17.1. The van der Waals surface area contributed by atoms with Crippen molar-refractivity contribution in [2.75, 3.05) is 13.3 Å². The Balaban J connectivity index is 1.25. The fraction of sp³-hybridized carbons (Fsp3) is 0.567. The molecule has 2 aliphatic heterocycles. The van der Waals surface area contributed by atoms with Gasteiger partial charge in [0, 0.05) is 30.9 Å². The average Bonchev–Trinajstić information content (AvgIpc) is 3.37. The van der Waals surface area contributed by atoms with E-state index < -0.39 is 10.0 Å². The monoisotopic (exact) mass is 504 g/mol. The SMILES string of the molecule is CN([C@@H]1CCC2=CC3=CC[C@]4(C)C(c5ccc6ccncc6c5)CC[C@H]4C34CC[C@]2(C1)O4)S(C)(=O)=O. The summed E-state index contributed by atoms with van der Waals surface area (Å²) < 4.78 is 33.6. The van der Waals surface area contributed by atoms with E-state index >= 15 is 0 Å². The molecule has 5 aliphatic rings. The maximum Gasteiger partial charge on any atom is 0.211 e. The molecule has 6 atom stereocenters. The fourth-order valence-corrected chi connectivity index (χ4v) is 9.55. The number of sulfonamides is 1. The van der Waals surface area contributed by atoms with E-state index in [2.05, 4.69) is 48.3 Å². The highest BCUT2D eigenvalue weighted by Gasteiger charge is 2.66. The van der Waals surface area contributed by atoms with Crippen LogP contribution in [0.2, 0.25) is 0 Å². The third-order valence-electron chi connectivity index (χ3n) is 10.8. The van der Waals surface area contributed by atoms with Crippen molar-refractivity contribution in [2.24, 2.45) is 11.3 Å². The van der Waals surface area contributed by atoms with Crippen LogP contribution in [0, 0.1) is 11.3 Å². The first-order valence-electron chi connectivity index (χ1n) is 13.5. The summed E-state index contributed by atoms with van der Waals surface area (Å²) in [4.78, 5) is 4.36. The Bertz CT molecular complexity index is 1430. The van der Waals surface area contributed by atoms with Gasteiger partial charge in [0.05, 0.1) is 17.5 Å². The Morgan fingerprint density at radius 3 is 2.81 bits per heavy atom. The van der Waals surface area contributed by atoms with Crippen LogP contribution < -0.4 is 0 Å². The van der Waals surface area contributed by atoms with Crippen LogP contribution in [0.1, 0.15) is 69.8 Å². The number of ether oxygens (including phenoxy) is 1. The Morgan fingerprint density at radius 1 is 1.11 bits per heavy atom. The lowest BCUT2D eigenvalue weighted by molar-refractivity contribution is -0.138. The second-order valence-corrected chi connectivity index (χ2v) is 14.4. The van der Waals surface area contributed by atoms with Crippen LogP contribution in [0.4, 0.5) is 0 Å². The van der Waals surface area contributed by atoms with Crippen LogP contribution >= 0.6 is 0 Å². The second-order valence-electron chi connectivity index (χ2n) is 12.4. The van der Waals surface area contributed by atoms with E-state index in [1.165, 1.54) is 46.6 Å². The van der Waals surface area contributed by atoms with Crippen LogP contribution in [0.15, 0.2) is 60.0 Å². The molecule has 36 heavy (non-hydrogen) atoms. The molecule has 1 aromatic heterocycles. The Hall–Kier alpha value is -2.02. The van der Waals surface area contributed by atoms with Crippen LogP contribution in [0.5, 0.6) is 0 Å². The quantitative estimate of drug-likeness (QED) is 0.535. The van der Waals surface area contributed by atoms with Crippen LogP contribution in [0.3, 0.4) is 0 Å². The van der Waals surface area contributed by atoms with Crippen LogP contribution in [-0.4, -0.2) is 48.3 Å². The maximum absolute atomic E-state index is 12.3. The molecule has 0 radical (unpaired) electrons. The predicted octanol–water partition coefficient (Wildman–Crippen LogP) is 5.74. The van der Waals surface area contributed by atoms with E-state index in [1.54, 1.807) is 11.4 Å². The van der Waals surface area contributed by atoms with E-state index in [0.29, 0.717) is 11.8 Å². The van der Waals surface area contributed by atoms with Crippen molar-refractivity contribution < 1.29 is 13.2 Å². The fourth-order valence-electron chi connectivity index (χ4n) is 8.83. The zero-order chi connectivity index (χ0) is 24.9. The molecular formula is C30H36N2O3S. The van der Waals surface area contributed by atoms with Crippen molar-refractivity contribution >= 4 is 20.8 Å². The Morgan fingerprint density at radius 2 is 1.97 bits per heavy atom. The number of pyridine rings is 1. The number of nitrogens with zero attached hydrogens (tertiary/aromatic N) is 2. The van der Waals surface area contributed by atoms with E-state index in [4.69, 9.17) is 4.74 Å². The molecule has 3 fully saturated rings. The van der Waals surface area contributed by atoms with Gasteiger partial charge in [0.25, 0.3) is 0 Å². The summed E-state index contributed by atoms with van der Waals surface area (Å²) >= 11 is 0. The summed E-state index contributed by atoms with van der Waals surface area (Å²) in [5, 5.41) is 2.46. The predicted molar refractivity (Wildman–Crippen MR) is 142 cm³/mol. The lowest BCUT2D eigenvalue weighted by Crippen LogP contribution is -2.55. The maximum atomic E-state index is 12.3. The average molecular weight is 505 g/mol. The molecule has 0 N–H and O–H groups in total. The summed E-state index contributed by atoms with van der Waals surface area (Å²) in [5.41, 5.74) is 3.86. The normalized spacial score (nSPS) is 39.4. The summed E-state index contributed by atoms with van der Waals surface area (Å²) in [6.07, 6.45) is 18.2. The molecule has 2 unspecified atom stereocenters. The van der Waals surface area contributed by atoms with Gasteiger partial charge in [-0.2, -0.15) is 0 Å². The van der Waals surface area contributed by atoms with Gasteiger partial charge in [-0.05, 0) is 103 Å². The third-order valence-corrected chi connectivity index (χ3v) is 12.1. The van der Waals surface area contributed by atoms with E-state index in [0.717, 1.165) is 38.5 Å². The largest absolute Gasteiger partial charge is 0.359 e. The molecular weight excluding hydrogens is 468 g/mol. The van der Waals surface area contributed by atoms with Crippen molar-refractivity contribution in [3.05, 3.63) is 65.5 Å². The lowest BCUT2D eigenvalue weighted by atomic mass is 9.58. The summed E-state index contributed by atoms with van der Waals surface area (Å²) in [6, 6.07) is 9.04. The van der Waals surface area contributed by atoms with Gasteiger partial charge in [-0.3, -0.25) is 4.98 Å². The molecule has 0 amide bonds. The molecule has 2 saturated carbocycles. The lowest BCUT2D eigenvalue weighted by Gasteiger charge is -2.54. The number of allylic oxidation sites excluding steroid dienone is 1. The number of fused-ring (bicyclic) bond motifs is 2. The number of hydrogen-bond acceptors (Lipinski definition) is 4. The van der Waals surface area contributed by atoms with Gasteiger partial charge in [0.1, 0.15) is 0 Å². The van der Waals surface area contributed by atoms with E-state index in [-0.39, 0.29) is 22.7 Å². The molecule has 2 aromatic rings. The molecule has 1 aromatic carbocycles. The Labute approximate surface area is 214 Å². The van der Waals surface area contributed by atoms with Crippen molar-refractivity contribution in [1.82, 2.24) is 9.29 Å². The molecule has 190 valence electrons. The molecule has 6 heteroatoms. The van der Waals surface area contributed by atoms with E-state index in [1.807, 2.05) is 12.4 Å². The summed E-state index contributed by atoms with van der Waals surface area (Å²) in [6.45, 7) is 2.50. The van der Waals surface area contributed by atoms with Crippen molar-refractivity contribution in [3.8, 4) is 0 Å². The van der Waals surface area contributed by atoms with Gasteiger partial charge in [0.2, 0.25) is 10.0 Å². The molecule has 3 heterocycles. The highest BCUT2D eigenvalue weighted by molar-refractivity contribution is 7.88. The minimum absolute atomic E-state index is 0.00957. The van der Waals surface area contributed by atoms with Crippen LogP contribution in [0.25, 0.3) is 10.8 Å². The van der Waals surface area contributed by atoms with Gasteiger partial charge >= 0.3 is 0 Å². The third kappa shape index (κ3) is 3.07. The Kier molecular flexibility index (Phi) is 4.83. The van der Waals surface area contributed by atoms with Gasteiger partial charge < -0.3 is 4.74 Å². The molecule has 7 rings (SSSR count). The smallest absolute Gasteiger partial charge is 0.211 e. The van der Waals surface area contributed by atoms with Gasteiger partial charge in [-0.1, -0.05) is 31.2 Å². The zero-order valence-corrected chi connectivity index (χ0v) is 22.4. The molecule has 2 bridgehead atoms. The number of aromatic nitrogens is 1. The number of rotatable bonds is 3. The summed E-state index contributed by atoms with van der Waals surface area (Å²) in [5.74, 6) is 0.977. The molecule has 1 saturated heterocycles. The highest BCUT2D eigenvalue weighted by Crippen LogP contribution is 2.69. The first kappa shape index (κ1) is 23.1.